The average Bonchev–Trinajstić information content (AvgIpc) is 2.95. The first-order valence-electron chi connectivity index (χ1n) is 8.24. The maximum Gasteiger partial charge on any atom is 0.241 e. The molecule has 22 heavy (non-hydrogen) atoms. The summed E-state index contributed by atoms with van der Waals surface area (Å²) in [4.78, 5) is 14.6. The van der Waals surface area contributed by atoms with Crippen LogP contribution in [0.5, 0.6) is 0 Å². The predicted octanol–water partition coefficient (Wildman–Crippen LogP) is 1.33. The molecular weight excluding hydrogens is 278 g/mol. The second-order valence-corrected chi connectivity index (χ2v) is 6.38. The minimum absolute atomic E-state index is 0.0633. The lowest BCUT2D eigenvalue weighted by molar-refractivity contribution is -0.117. The quantitative estimate of drug-likeness (QED) is 0.785. The molecule has 0 radical (unpaired) electrons. The highest BCUT2D eigenvalue weighted by atomic mass is 16.3. The fourth-order valence-electron chi connectivity index (χ4n) is 3.27. The molecule has 5 nitrogen and oxygen atoms in total. The summed E-state index contributed by atoms with van der Waals surface area (Å²) < 4.78 is 0. The molecule has 1 amide bonds. The largest absolute Gasteiger partial charge is 0.392 e. The lowest BCUT2D eigenvalue weighted by Gasteiger charge is -2.26. The van der Waals surface area contributed by atoms with E-state index in [9.17, 15) is 9.90 Å². The maximum atomic E-state index is 12.2. The molecule has 2 saturated heterocycles. The average molecular weight is 303 g/mol. The Balaban J connectivity index is 1.57. The van der Waals surface area contributed by atoms with Crippen LogP contribution in [-0.4, -0.2) is 47.7 Å². The van der Waals surface area contributed by atoms with Crippen LogP contribution in [0.4, 0.5) is 5.69 Å². The van der Waals surface area contributed by atoms with Crippen molar-refractivity contribution in [3.8, 4) is 0 Å². The van der Waals surface area contributed by atoms with Gasteiger partial charge in [0.1, 0.15) is 0 Å². The van der Waals surface area contributed by atoms with E-state index in [1.165, 1.54) is 37.9 Å². The fraction of sp³-hybridized carbons (Fsp3) is 0.588. The molecular formula is C17H25N3O2. The molecule has 2 atom stereocenters. The number of nitrogens with one attached hydrogen (secondary N) is 2. The first-order chi connectivity index (χ1) is 10.7. The van der Waals surface area contributed by atoms with Crippen LogP contribution in [0.2, 0.25) is 0 Å². The molecule has 0 aromatic heterocycles. The van der Waals surface area contributed by atoms with Crippen molar-refractivity contribution in [1.82, 2.24) is 10.2 Å². The Morgan fingerprint density at radius 3 is 2.86 bits per heavy atom. The number of rotatable bonds is 4. The molecule has 1 aromatic rings. The maximum absolute atomic E-state index is 12.2. The summed E-state index contributed by atoms with van der Waals surface area (Å²) in [6.45, 7) is 3.78. The fourth-order valence-corrected chi connectivity index (χ4v) is 3.27. The van der Waals surface area contributed by atoms with Crippen LogP contribution in [0.25, 0.3) is 0 Å². The second kappa shape index (κ2) is 7.22. The van der Waals surface area contributed by atoms with Gasteiger partial charge in [0.2, 0.25) is 5.91 Å². The highest BCUT2D eigenvalue weighted by Crippen LogP contribution is 2.17. The Morgan fingerprint density at radius 2 is 2.14 bits per heavy atom. The molecule has 3 N–H and O–H groups in total. The lowest BCUT2D eigenvalue weighted by Crippen LogP contribution is -2.35. The molecule has 2 heterocycles. The number of piperidine rings is 1. The Labute approximate surface area is 131 Å². The van der Waals surface area contributed by atoms with E-state index in [1.54, 1.807) is 0 Å². The zero-order chi connectivity index (χ0) is 15.4. The minimum Gasteiger partial charge on any atom is -0.392 e. The Bertz CT molecular complexity index is 514. The van der Waals surface area contributed by atoms with Crippen LogP contribution in [0.3, 0.4) is 0 Å². The van der Waals surface area contributed by atoms with Crippen LogP contribution in [0.1, 0.15) is 31.2 Å². The molecule has 0 spiro atoms. The van der Waals surface area contributed by atoms with Gasteiger partial charge in [-0.2, -0.15) is 0 Å². The number of anilines is 1. The molecule has 1 aromatic carbocycles. The normalized spacial score (nSPS) is 26.0. The SMILES string of the molecule is O=C(Nc1cccc(CN2CCCCC2)c1)C1CC(O)CN1. The summed E-state index contributed by atoms with van der Waals surface area (Å²) in [5.41, 5.74) is 2.07. The van der Waals surface area contributed by atoms with Crippen LogP contribution >= 0.6 is 0 Å². The van der Waals surface area contributed by atoms with E-state index in [-0.39, 0.29) is 11.9 Å². The third-order valence-electron chi connectivity index (χ3n) is 4.47. The van der Waals surface area contributed by atoms with E-state index < -0.39 is 6.10 Å². The molecule has 2 aliphatic rings. The van der Waals surface area contributed by atoms with Crippen LogP contribution in [0.15, 0.2) is 24.3 Å². The number of carbonyl (C=O) groups excluding carboxylic acids is 1. The number of hydrogen-bond acceptors (Lipinski definition) is 4. The number of likely N-dealkylation sites (tertiary alicyclic amines) is 1. The summed E-state index contributed by atoms with van der Waals surface area (Å²) in [7, 11) is 0. The van der Waals surface area contributed by atoms with Crippen molar-refractivity contribution in [3.05, 3.63) is 29.8 Å². The van der Waals surface area contributed by atoms with Gasteiger partial charge >= 0.3 is 0 Å². The smallest absolute Gasteiger partial charge is 0.241 e. The van der Waals surface area contributed by atoms with Crippen molar-refractivity contribution in [2.24, 2.45) is 0 Å². The van der Waals surface area contributed by atoms with Gasteiger partial charge in [-0.25, -0.2) is 0 Å². The summed E-state index contributed by atoms with van der Waals surface area (Å²) in [6.07, 6.45) is 3.98. The van der Waals surface area contributed by atoms with Gasteiger partial charge in [-0.05, 0) is 50.0 Å². The number of aliphatic hydroxyl groups excluding tert-OH is 1. The number of β-amino-alcohol motifs (C(OH)–C–C–N with tert-alkyl or cyclic N) is 1. The van der Waals surface area contributed by atoms with Gasteiger partial charge in [0.05, 0.1) is 12.1 Å². The topological polar surface area (TPSA) is 64.6 Å². The Kier molecular flexibility index (Phi) is 5.08. The van der Waals surface area contributed by atoms with E-state index in [2.05, 4.69) is 27.7 Å². The number of nitrogens with zero attached hydrogens (tertiary/aromatic N) is 1. The number of hydrogen-bond donors (Lipinski definition) is 3. The van der Waals surface area contributed by atoms with E-state index >= 15 is 0 Å². The molecule has 120 valence electrons. The molecule has 5 heteroatoms. The first-order valence-corrected chi connectivity index (χ1v) is 8.24. The van der Waals surface area contributed by atoms with Crippen LogP contribution < -0.4 is 10.6 Å². The van der Waals surface area contributed by atoms with Gasteiger partial charge < -0.3 is 15.7 Å². The van der Waals surface area contributed by atoms with E-state index in [4.69, 9.17) is 0 Å². The highest BCUT2D eigenvalue weighted by Gasteiger charge is 2.27. The highest BCUT2D eigenvalue weighted by molar-refractivity contribution is 5.95. The Morgan fingerprint density at radius 1 is 1.32 bits per heavy atom. The number of benzene rings is 1. The number of aliphatic hydroxyl groups is 1. The van der Waals surface area contributed by atoms with Crippen molar-refractivity contribution in [2.75, 3.05) is 25.0 Å². The van der Waals surface area contributed by atoms with Crippen molar-refractivity contribution < 1.29 is 9.90 Å². The molecule has 2 fully saturated rings. The second-order valence-electron chi connectivity index (χ2n) is 6.38. The van der Waals surface area contributed by atoms with Gasteiger partial charge in [0.15, 0.2) is 0 Å². The molecule has 0 saturated carbocycles. The van der Waals surface area contributed by atoms with Gasteiger partial charge in [0, 0.05) is 18.8 Å². The minimum atomic E-state index is -0.416. The van der Waals surface area contributed by atoms with Crippen molar-refractivity contribution in [2.45, 2.75) is 44.4 Å². The predicted molar refractivity (Wildman–Crippen MR) is 86.6 cm³/mol. The van der Waals surface area contributed by atoms with E-state index in [1.807, 2.05) is 12.1 Å². The number of amides is 1. The summed E-state index contributed by atoms with van der Waals surface area (Å²) in [5, 5.41) is 15.5. The molecule has 2 unspecified atom stereocenters. The van der Waals surface area contributed by atoms with Crippen molar-refractivity contribution in [1.29, 1.82) is 0 Å². The molecule has 3 rings (SSSR count). The van der Waals surface area contributed by atoms with Crippen molar-refractivity contribution in [3.63, 3.8) is 0 Å². The summed E-state index contributed by atoms with van der Waals surface area (Å²) in [5.74, 6) is -0.0633. The van der Waals surface area contributed by atoms with Gasteiger partial charge in [-0.15, -0.1) is 0 Å². The monoisotopic (exact) mass is 303 g/mol. The van der Waals surface area contributed by atoms with Gasteiger partial charge in [-0.3, -0.25) is 9.69 Å². The lowest BCUT2D eigenvalue weighted by atomic mass is 10.1. The van der Waals surface area contributed by atoms with Crippen molar-refractivity contribution >= 4 is 11.6 Å². The van der Waals surface area contributed by atoms with Gasteiger partial charge in [-0.1, -0.05) is 18.6 Å². The zero-order valence-electron chi connectivity index (χ0n) is 12.9. The zero-order valence-corrected chi connectivity index (χ0v) is 12.9. The van der Waals surface area contributed by atoms with Gasteiger partial charge in [0.25, 0.3) is 0 Å². The standard InChI is InChI=1S/C17H25N3O2/c21-15-10-16(18-11-15)17(22)19-14-6-4-5-13(9-14)12-20-7-2-1-3-8-20/h4-6,9,15-16,18,21H,1-3,7-8,10-12H2,(H,19,22). The molecule has 0 aliphatic carbocycles. The summed E-state index contributed by atoms with van der Waals surface area (Å²) in [6, 6.07) is 7.79. The van der Waals surface area contributed by atoms with Crippen LogP contribution in [0, 0.1) is 0 Å². The van der Waals surface area contributed by atoms with E-state index in [0.717, 1.165) is 12.2 Å². The first kappa shape index (κ1) is 15.5. The molecule has 2 aliphatic heterocycles. The Hall–Kier alpha value is -1.43. The third-order valence-corrected chi connectivity index (χ3v) is 4.47. The summed E-state index contributed by atoms with van der Waals surface area (Å²) >= 11 is 0. The number of carbonyl (C=O) groups is 1. The molecule has 0 bridgehead atoms. The van der Waals surface area contributed by atoms with Crippen LogP contribution in [-0.2, 0) is 11.3 Å². The third kappa shape index (κ3) is 4.06. The van der Waals surface area contributed by atoms with E-state index in [0.29, 0.717) is 13.0 Å².